The van der Waals surface area contributed by atoms with Gasteiger partial charge in [-0.1, -0.05) is 5.21 Å². The van der Waals surface area contributed by atoms with Gasteiger partial charge in [-0.3, -0.25) is 9.48 Å². The standard InChI is InChI=1S/C11H13BrN6O/c1-7-4-8(12)5-14-10(7)15-11(19)9-6-18(3-2-13)17-16-9/h4-6H,2-3,13H2,1H3,(H,14,15,19). The van der Waals surface area contributed by atoms with Crippen molar-refractivity contribution < 1.29 is 4.79 Å². The summed E-state index contributed by atoms with van der Waals surface area (Å²) in [6.07, 6.45) is 3.17. The van der Waals surface area contributed by atoms with Crippen LogP contribution in [0.3, 0.4) is 0 Å². The average Bonchev–Trinajstić information content (AvgIpc) is 2.82. The van der Waals surface area contributed by atoms with E-state index in [0.29, 0.717) is 18.9 Å². The minimum atomic E-state index is -0.346. The van der Waals surface area contributed by atoms with Gasteiger partial charge in [0.15, 0.2) is 5.69 Å². The molecule has 2 heterocycles. The lowest BCUT2D eigenvalue weighted by Crippen LogP contribution is -2.14. The molecule has 0 aliphatic rings. The van der Waals surface area contributed by atoms with E-state index >= 15 is 0 Å². The van der Waals surface area contributed by atoms with Crippen LogP contribution in [-0.4, -0.2) is 32.4 Å². The largest absolute Gasteiger partial charge is 0.329 e. The molecule has 0 atom stereocenters. The first-order chi connectivity index (χ1) is 9.10. The number of carbonyl (C=O) groups is 1. The van der Waals surface area contributed by atoms with E-state index in [9.17, 15) is 4.79 Å². The zero-order chi connectivity index (χ0) is 13.8. The molecule has 100 valence electrons. The van der Waals surface area contributed by atoms with Crippen LogP contribution in [0.15, 0.2) is 22.9 Å². The number of nitrogens with two attached hydrogens (primary N) is 1. The molecule has 0 radical (unpaired) electrons. The fourth-order valence-corrected chi connectivity index (χ4v) is 1.93. The van der Waals surface area contributed by atoms with Gasteiger partial charge in [-0.2, -0.15) is 0 Å². The van der Waals surface area contributed by atoms with Gasteiger partial charge >= 0.3 is 0 Å². The summed E-state index contributed by atoms with van der Waals surface area (Å²) in [6, 6.07) is 1.87. The van der Waals surface area contributed by atoms with Crippen LogP contribution in [-0.2, 0) is 6.54 Å². The number of aryl methyl sites for hydroxylation is 1. The number of carbonyl (C=O) groups excluding carboxylic acids is 1. The molecule has 2 rings (SSSR count). The molecule has 0 unspecified atom stereocenters. The summed E-state index contributed by atoms with van der Waals surface area (Å²) < 4.78 is 2.38. The van der Waals surface area contributed by atoms with Crippen LogP contribution < -0.4 is 11.1 Å². The van der Waals surface area contributed by atoms with E-state index in [4.69, 9.17) is 5.73 Å². The molecule has 0 fully saturated rings. The molecule has 2 aromatic heterocycles. The van der Waals surface area contributed by atoms with E-state index in [1.165, 1.54) is 4.68 Å². The van der Waals surface area contributed by atoms with E-state index in [2.05, 4.69) is 36.5 Å². The third kappa shape index (κ3) is 3.36. The molecule has 7 nitrogen and oxygen atoms in total. The highest BCUT2D eigenvalue weighted by Crippen LogP contribution is 2.17. The van der Waals surface area contributed by atoms with E-state index in [-0.39, 0.29) is 11.6 Å². The number of amides is 1. The Hall–Kier alpha value is -1.80. The number of hydrogen-bond acceptors (Lipinski definition) is 5. The quantitative estimate of drug-likeness (QED) is 0.872. The topological polar surface area (TPSA) is 98.7 Å². The first-order valence-electron chi connectivity index (χ1n) is 5.64. The second-order valence-electron chi connectivity index (χ2n) is 3.93. The third-order valence-corrected chi connectivity index (χ3v) is 2.84. The normalized spacial score (nSPS) is 10.5. The Kier molecular flexibility index (Phi) is 4.23. The van der Waals surface area contributed by atoms with Gasteiger partial charge in [0.1, 0.15) is 5.82 Å². The molecular formula is C11H13BrN6O. The Bertz CT molecular complexity index is 597. The van der Waals surface area contributed by atoms with E-state index in [1.54, 1.807) is 12.4 Å². The highest BCUT2D eigenvalue weighted by atomic mass is 79.9. The molecule has 2 aromatic rings. The Balaban J connectivity index is 2.11. The Morgan fingerprint density at radius 2 is 2.37 bits per heavy atom. The predicted molar refractivity (Wildman–Crippen MR) is 73.7 cm³/mol. The van der Waals surface area contributed by atoms with Crippen LogP contribution in [0.5, 0.6) is 0 Å². The van der Waals surface area contributed by atoms with E-state index < -0.39 is 0 Å². The van der Waals surface area contributed by atoms with Crippen molar-refractivity contribution in [2.24, 2.45) is 5.73 Å². The third-order valence-electron chi connectivity index (χ3n) is 2.41. The van der Waals surface area contributed by atoms with Gasteiger partial charge in [-0.15, -0.1) is 5.10 Å². The lowest BCUT2D eigenvalue weighted by molar-refractivity contribution is 0.102. The average molecular weight is 325 g/mol. The zero-order valence-corrected chi connectivity index (χ0v) is 11.9. The number of hydrogen-bond donors (Lipinski definition) is 2. The van der Waals surface area contributed by atoms with Gasteiger partial charge in [0, 0.05) is 17.2 Å². The lowest BCUT2D eigenvalue weighted by atomic mass is 10.3. The molecule has 0 saturated heterocycles. The van der Waals surface area contributed by atoms with Crippen LogP contribution in [0, 0.1) is 6.92 Å². The van der Waals surface area contributed by atoms with Gasteiger partial charge in [-0.05, 0) is 34.5 Å². The van der Waals surface area contributed by atoms with E-state index in [0.717, 1.165) is 10.0 Å². The van der Waals surface area contributed by atoms with Gasteiger partial charge < -0.3 is 11.1 Å². The number of nitrogens with one attached hydrogen (secondary N) is 1. The van der Waals surface area contributed by atoms with Crippen LogP contribution in [0.1, 0.15) is 16.1 Å². The van der Waals surface area contributed by atoms with Crippen LogP contribution in [0.25, 0.3) is 0 Å². The summed E-state index contributed by atoms with van der Waals surface area (Å²) in [4.78, 5) is 16.1. The molecule has 0 aliphatic heterocycles. The summed E-state index contributed by atoms with van der Waals surface area (Å²) in [5.41, 5.74) is 6.49. The molecule has 0 bridgehead atoms. The monoisotopic (exact) mass is 324 g/mol. The molecule has 0 aliphatic carbocycles. The summed E-state index contributed by atoms with van der Waals surface area (Å²) in [7, 11) is 0. The van der Waals surface area contributed by atoms with Crippen molar-refractivity contribution in [3.63, 3.8) is 0 Å². The van der Waals surface area contributed by atoms with Crippen LogP contribution in [0.2, 0.25) is 0 Å². The number of nitrogens with zero attached hydrogens (tertiary/aromatic N) is 4. The summed E-state index contributed by atoms with van der Waals surface area (Å²) in [5, 5.41) is 10.3. The molecule has 3 N–H and O–H groups in total. The van der Waals surface area contributed by atoms with E-state index in [1.807, 2.05) is 13.0 Å². The van der Waals surface area contributed by atoms with Crippen LogP contribution >= 0.6 is 15.9 Å². The maximum atomic E-state index is 12.0. The molecule has 8 heteroatoms. The molecule has 1 amide bonds. The second-order valence-corrected chi connectivity index (χ2v) is 4.84. The molecule has 0 aromatic carbocycles. The van der Waals surface area contributed by atoms with Gasteiger partial charge in [0.05, 0.1) is 12.7 Å². The highest BCUT2D eigenvalue weighted by molar-refractivity contribution is 9.10. The van der Waals surface area contributed by atoms with Crippen molar-refractivity contribution in [2.75, 3.05) is 11.9 Å². The van der Waals surface area contributed by atoms with Crippen molar-refractivity contribution in [1.29, 1.82) is 0 Å². The fourth-order valence-electron chi connectivity index (χ4n) is 1.49. The van der Waals surface area contributed by atoms with Crippen molar-refractivity contribution >= 4 is 27.7 Å². The predicted octanol–water partition coefficient (Wildman–Crippen LogP) is 0.955. The minimum Gasteiger partial charge on any atom is -0.329 e. The Morgan fingerprint density at radius 1 is 1.58 bits per heavy atom. The molecular weight excluding hydrogens is 312 g/mol. The SMILES string of the molecule is Cc1cc(Br)cnc1NC(=O)c1cn(CCN)nn1. The number of halogens is 1. The number of aromatic nitrogens is 4. The first kappa shape index (κ1) is 13.6. The lowest BCUT2D eigenvalue weighted by Gasteiger charge is -2.05. The van der Waals surface area contributed by atoms with Crippen molar-refractivity contribution in [2.45, 2.75) is 13.5 Å². The number of pyridine rings is 1. The van der Waals surface area contributed by atoms with Crippen molar-refractivity contribution in [3.8, 4) is 0 Å². The number of anilines is 1. The van der Waals surface area contributed by atoms with Crippen molar-refractivity contribution in [1.82, 2.24) is 20.0 Å². The van der Waals surface area contributed by atoms with Crippen LogP contribution in [0.4, 0.5) is 5.82 Å². The molecule has 0 saturated carbocycles. The fraction of sp³-hybridized carbons (Fsp3) is 0.273. The molecule has 19 heavy (non-hydrogen) atoms. The van der Waals surface area contributed by atoms with Gasteiger partial charge in [0.25, 0.3) is 5.91 Å². The second kappa shape index (κ2) is 5.89. The summed E-state index contributed by atoms with van der Waals surface area (Å²) in [6.45, 7) is 2.83. The summed E-state index contributed by atoms with van der Waals surface area (Å²) in [5.74, 6) is 0.155. The first-order valence-corrected chi connectivity index (χ1v) is 6.43. The molecule has 0 spiro atoms. The maximum Gasteiger partial charge on any atom is 0.279 e. The summed E-state index contributed by atoms with van der Waals surface area (Å²) >= 11 is 3.32. The van der Waals surface area contributed by atoms with Gasteiger partial charge in [0.2, 0.25) is 0 Å². The smallest absolute Gasteiger partial charge is 0.279 e. The van der Waals surface area contributed by atoms with Gasteiger partial charge in [-0.25, -0.2) is 4.98 Å². The Morgan fingerprint density at radius 3 is 3.05 bits per heavy atom. The zero-order valence-electron chi connectivity index (χ0n) is 10.3. The minimum absolute atomic E-state index is 0.234. The Labute approximate surface area is 118 Å². The maximum absolute atomic E-state index is 12.0. The number of rotatable bonds is 4. The van der Waals surface area contributed by atoms with Crippen molar-refractivity contribution in [3.05, 3.63) is 34.2 Å². The highest BCUT2D eigenvalue weighted by Gasteiger charge is 2.12.